The first-order valence-electron chi connectivity index (χ1n) is 6.91. The van der Waals surface area contributed by atoms with Gasteiger partial charge >= 0.3 is 5.97 Å². The Labute approximate surface area is 132 Å². The van der Waals surface area contributed by atoms with E-state index >= 15 is 0 Å². The maximum absolute atomic E-state index is 12.1. The van der Waals surface area contributed by atoms with Gasteiger partial charge in [0.1, 0.15) is 5.75 Å². The number of likely N-dealkylation sites (tertiary alicyclic amines) is 1. The van der Waals surface area contributed by atoms with Crippen LogP contribution in [0.25, 0.3) is 0 Å². The fraction of sp³-hybridized carbons (Fsp3) is 0.467. The molecule has 1 N–H and O–H groups in total. The van der Waals surface area contributed by atoms with Gasteiger partial charge in [-0.25, -0.2) is 4.79 Å². The minimum absolute atomic E-state index is 0.0609. The number of carboxylic acid groups (broad SMARTS) is 1. The number of carboxylic acids is 1. The smallest absolute Gasteiger partial charge is 0.335 e. The van der Waals surface area contributed by atoms with E-state index in [9.17, 15) is 9.59 Å². The van der Waals surface area contributed by atoms with Crippen LogP contribution in [0.15, 0.2) is 22.7 Å². The summed E-state index contributed by atoms with van der Waals surface area (Å²) < 4.78 is 6.11. The van der Waals surface area contributed by atoms with Crippen molar-refractivity contribution in [2.75, 3.05) is 19.7 Å². The molecule has 1 aliphatic rings. The summed E-state index contributed by atoms with van der Waals surface area (Å²) in [6.07, 6.45) is 2.17. The third-order valence-electron chi connectivity index (χ3n) is 3.54. The first-order chi connectivity index (χ1) is 9.97. The number of aromatic carboxylic acids is 1. The average molecular weight is 356 g/mol. The molecule has 5 nitrogen and oxygen atoms in total. The van der Waals surface area contributed by atoms with Crippen LogP contribution in [-0.4, -0.2) is 41.6 Å². The van der Waals surface area contributed by atoms with Gasteiger partial charge in [0, 0.05) is 13.1 Å². The van der Waals surface area contributed by atoms with E-state index in [0.29, 0.717) is 16.1 Å². The van der Waals surface area contributed by atoms with Gasteiger partial charge < -0.3 is 14.7 Å². The van der Waals surface area contributed by atoms with Gasteiger partial charge in [-0.3, -0.25) is 4.79 Å². The summed E-state index contributed by atoms with van der Waals surface area (Å²) in [6, 6.07) is 4.50. The van der Waals surface area contributed by atoms with Crippen LogP contribution in [0, 0.1) is 5.92 Å². The Morgan fingerprint density at radius 3 is 2.90 bits per heavy atom. The number of ether oxygens (including phenoxy) is 1. The van der Waals surface area contributed by atoms with Crippen molar-refractivity contribution in [3.05, 3.63) is 28.2 Å². The van der Waals surface area contributed by atoms with E-state index in [-0.39, 0.29) is 18.1 Å². The van der Waals surface area contributed by atoms with E-state index in [2.05, 4.69) is 22.9 Å². The van der Waals surface area contributed by atoms with E-state index < -0.39 is 5.97 Å². The molecule has 1 heterocycles. The molecule has 1 saturated heterocycles. The number of rotatable bonds is 4. The van der Waals surface area contributed by atoms with Crippen molar-refractivity contribution in [2.45, 2.75) is 19.8 Å². The summed E-state index contributed by atoms with van der Waals surface area (Å²) in [5.41, 5.74) is 0.132. The second-order valence-corrected chi connectivity index (χ2v) is 6.18. The number of piperidine rings is 1. The van der Waals surface area contributed by atoms with E-state index in [1.54, 1.807) is 6.07 Å². The van der Waals surface area contributed by atoms with Crippen LogP contribution in [0.1, 0.15) is 30.1 Å². The summed E-state index contributed by atoms with van der Waals surface area (Å²) >= 11 is 3.29. The monoisotopic (exact) mass is 355 g/mol. The zero-order chi connectivity index (χ0) is 15.4. The van der Waals surface area contributed by atoms with E-state index in [1.165, 1.54) is 12.1 Å². The van der Waals surface area contributed by atoms with Gasteiger partial charge in [-0.15, -0.1) is 0 Å². The number of nitrogens with zero attached hydrogens (tertiary/aromatic N) is 1. The molecule has 0 aromatic heterocycles. The molecule has 114 valence electrons. The minimum atomic E-state index is -1.02. The first kappa shape index (κ1) is 15.8. The number of carbonyl (C=O) groups excluding carboxylic acids is 1. The van der Waals surface area contributed by atoms with Crippen molar-refractivity contribution in [3.8, 4) is 5.75 Å². The third-order valence-corrected chi connectivity index (χ3v) is 4.19. The second kappa shape index (κ2) is 6.93. The number of hydrogen-bond donors (Lipinski definition) is 1. The molecule has 1 aliphatic heterocycles. The van der Waals surface area contributed by atoms with Crippen molar-refractivity contribution in [1.29, 1.82) is 0 Å². The average Bonchev–Trinajstić information content (AvgIpc) is 2.45. The lowest BCUT2D eigenvalue weighted by Gasteiger charge is -2.30. The van der Waals surface area contributed by atoms with Gasteiger partial charge in [-0.2, -0.15) is 0 Å². The summed E-state index contributed by atoms with van der Waals surface area (Å²) in [7, 11) is 0. The Morgan fingerprint density at radius 2 is 2.24 bits per heavy atom. The molecular weight excluding hydrogens is 338 g/mol. The molecule has 21 heavy (non-hydrogen) atoms. The van der Waals surface area contributed by atoms with Crippen LogP contribution in [0.4, 0.5) is 0 Å². The molecule has 0 bridgehead atoms. The molecule has 1 unspecified atom stereocenters. The summed E-state index contributed by atoms with van der Waals surface area (Å²) in [5, 5.41) is 8.96. The summed E-state index contributed by atoms with van der Waals surface area (Å²) in [4.78, 5) is 24.9. The Kier molecular flexibility index (Phi) is 5.22. The molecule has 1 atom stereocenters. The lowest BCUT2D eigenvalue weighted by Crippen LogP contribution is -2.41. The Balaban J connectivity index is 1.97. The number of hydrogen-bond acceptors (Lipinski definition) is 3. The second-order valence-electron chi connectivity index (χ2n) is 5.33. The van der Waals surface area contributed by atoms with Crippen molar-refractivity contribution in [2.24, 2.45) is 5.92 Å². The summed E-state index contributed by atoms with van der Waals surface area (Å²) in [6.45, 7) is 3.59. The van der Waals surface area contributed by atoms with Gasteiger partial charge in [0.25, 0.3) is 5.91 Å². The maximum atomic E-state index is 12.1. The number of halogens is 1. The molecular formula is C15H18BrNO4. The van der Waals surface area contributed by atoms with Crippen LogP contribution >= 0.6 is 15.9 Å². The SMILES string of the molecule is CC1CCCN(C(=O)COc2cc(C(=O)O)ccc2Br)C1. The van der Waals surface area contributed by atoms with Crippen molar-refractivity contribution in [3.63, 3.8) is 0 Å². The van der Waals surface area contributed by atoms with Crippen LogP contribution in [0.5, 0.6) is 5.75 Å². The van der Waals surface area contributed by atoms with Gasteiger partial charge in [0.2, 0.25) is 0 Å². The lowest BCUT2D eigenvalue weighted by molar-refractivity contribution is -0.135. The normalized spacial score (nSPS) is 18.4. The predicted molar refractivity (Wildman–Crippen MR) is 81.6 cm³/mol. The van der Waals surface area contributed by atoms with E-state index in [0.717, 1.165) is 25.9 Å². The van der Waals surface area contributed by atoms with Crippen molar-refractivity contribution < 1.29 is 19.4 Å². The van der Waals surface area contributed by atoms with Crippen molar-refractivity contribution in [1.82, 2.24) is 4.90 Å². The third kappa shape index (κ3) is 4.20. The fourth-order valence-corrected chi connectivity index (χ4v) is 2.75. The standard InChI is InChI=1S/C15H18BrNO4/c1-10-3-2-6-17(8-10)14(18)9-21-13-7-11(15(19)20)4-5-12(13)16/h4-5,7,10H,2-3,6,8-9H2,1H3,(H,19,20). The molecule has 0 radical (unpaired) electrons. The van der Waals surface area contributed by atoms with Crippen molar-refractivity contribution >= 4 is 27.8 Å². The predicted octanol–water partition coefficient (Wildman–Crippen LogP) is 2.78. The van der Waals surface area contributed by atoms with Gasteiger partial charge in [-0.05, 0) is 52.9 Å². The van der Waals surface area contributed by atoms with E-state index in [4.69, 9.17) is 9.84 Å². The number of amides is 1. The highest BCUT2D eigenvalue weighted by Gasteiger charge is 2.21. The van der Waals surface area contributed by atoms with Crippen LogP contribution in [0.3, 0.4) is 0 Å². The van der Waals surface area contributed by atoms with Gasteiger partial charge in [0.15, 0.2) is 6.61 Å². The van der Waals surface area contributed by atoms with Crippen LogP contribution < -0.4 is 4.74 Å². The lowest BCUT2D eigenvalue weighted by atomic mass is 10.0. The quantitative estimate of drug-likeness (QED) is 0.901. The van der Waals surface area contributed by atoms with Gasteiger partial charge in [0.05, 0.1) is 10.0 Å². The summed E-state index contributed by atoms with van der Waals surface area (Å²) in [5.74, 6) is -0.198. The molecule has 6 heteroatoms. The highest BCUT2D eigenvalue weighted by molar-refractivity contribution is 9.10. The molecule has 1 aromatic rings. The topological polar surface area (TPSA) is 66.8 Å². The highest BCUT2D eigenvalue weighted by atomic mass is 79.9. The molecule has 1 amide bonds. The largest absolute Gasteiger partial charge is 0.483 e. The molecule has 2 rings (SSSR count). The van der Waals surface area contributed by atoms with Crippen LogP contribution in [0.2, 0.25) is 0 Å². The Morgan fingerprint density at radius 1 is 1.48 bits per heavy atom. The Bertz CT molecular complexity index is 546. The highest BCUT2D eigenvalue weighted by Crippen LogP contribution is 2.26. The molecule has 0 spiro atoms. The van der Waals surface area contributed by atoms with Crippen LogP contribution in [-0.2, 0) is 4.79 Å². The number of carbonyl (C=O) groups is 2. The first-order valence-corrected chi connectivity index (χ1v) is 7.70. The van der Waals surface area contributed by atoms with Gasteiger partial charge in [-0.1, -0.05) is 6.92 Å². The fourth-order valence-electron chi connectivity index (χ4n) is 2.39. The number of benzene rings is 1. The zero-order valence-corrected chi connectivity index (χ0v) is 13.4. The van der Waals surface area contributed by atoms with E-state index in [1.807, 2.05) is 4.90 Å². The maximum Gasteiger partial charge on any atom is 0.335 e. The Hall–Kier alpha value is -1.56. The minimum Gasteiger partial charge on any atom is -0.483 e. The molecule has 0 saturated carbocycles. The molecule has 1 aromatic carbocycles. The molecule has 0 aliphatic carbocycles. The molecule has 1 fully saturated rings. The zero-order valence-electron chi connectivity index (χ0n) is 11.8.